The van der Waals surface area contributed by atoms with Gasteiger partial charge in [0.2, 0.25) is 0 Å². The number of hydrogen-bond donors (Lipinski definition) is 1. The smallest absolute Gasteiger partial charge is 0.268 e. The van der Waals surface area contributed by atoms with Crippen LogP contribution in [0.2, 0.25) is 0 Å². The normalized spacial score (nSPS) is 10.6. The van der Waals surface area contributed by atoms with E-state index in [1.165, 1.54) is 25.3 Å². The van der Waals surface area contributed by atoms with Crippen LogP contribution in [0.4, 0.5) is 8.78 Å². The molecule has 16 heavy (non-hydrogen) atoms. The predicted octanol–water partition coefficient (Wildman–Crippen LogP) is 2.16. The van der Waals surface area contributed by atoms with Crippen molar-refractivity contribution < 1.29 is 18.3 Å². The molecule has 0 aromatic heterocycles. The number of benzene rings is 1. The van der Waals surface area contributed by atoms with Crippen molar-refractivity contribution in [2.24, 2.45) is 5.73 Å². The maximum absolute atomic E-state index is 12.8. The van der Waals surface area contributed by atoms with Gasteiger partial charge in [0, 0.05) is 12.0 Å². The predicted molar refractivity (Wildman–Crippen MR) is 56.0 cm³/mol. The van der Waals surface area contributed by atoms with E-state index in [0.29, 0.717) is 0 Å². The van der Waals surface area contributed by atoms with E-state index in [2.05, 4.69) is 0 Å². The minimum Gasteiger partial charge on any atom is -0.496 e. The lowest BCUT2D eigenvalue weighted by molar-refractivity contribution is 0.0969. The van der Waals surface area contributed by atoms with Gasteiger partial charge in [-0.2, -0.15) is 0 Å². The Morgan fingerprint density at radius 3 is 2.69 bits per heavy atom. The standard InChI is InChI=1S/C11H13F2NO2/c1-16-9-4-2-3-7(8(15)5-6-14)10(9)11(12)13/h2-4,11H,5-6,14H2,1H3. The maximum atomic E-state index is 12.8. The summed E-state index contributed by atoms with van der Waals surface area (Å²) in [4.78, 5) is 11.6. The highest BCUT2D eigenvalue weighted by Crippen LogP contribution is 2.32. The first-order valence-electron chi connectivity index (χ1n) is 4.80. The van der Waals surface area contributed by atoms with Gasteiger partial charge in [0.05, 0.1) is 12.7 Å². The summed E-state index contributed by atoms with van der Waals surface area (Å²) in [5, 5.41) is 0. The van der Waals surface area contributed by atoms with Crippen LogP contribution in [0.15, 0.2) is 18.2 Å². The molecule has 0 aliphatic carbocycles. The van der Waals surface area contributed by atoms with Gasteiger partial charge in [0.1, 0.15) is 5.75 Å². The van der Waals surface area contributed by atoms with E-state index in [-0.39, 0.29) is 29.8 Å². The molecule has 0 heterocycles. The van der Waals surface area contributed by atoms with Crippen molar-refractivity contribution >= 4 is 5.78 Å². The first-order chi connectivity index (χ1) is 7.61. The van der Waals surface area contributed by atoms with E-state index in [1.807, 2.05) is 0 Å². The van der Waals surface area contributed by atoms with E-state index in [0.717, 1.165) is 0 Å². The summed E-state index contributed by atoms with van der Waals surface area (Å²) in [5.41, 5.74) is 4.85. The Hall–Kier alpha value is -1.49. The molecule has 3 nitrogen and oxygen atoms in total. The van der Waals surface area contributed by atoms with Crippen molar-refractivity contribution in [3.63, 3.8) is 0 Å². The van der Waals surface area contributed by atoms with Crippen LogP contribution in [0.25, 0.3) is 0 Å². The SMILES string of the molecule is COc1cccc(C(=O)CCN)c1C(F)F. The fourth-order valence-electron chi connectivity index (χ4n) is 1.46. The van der Waals surface area contributed by atoms with Crippen LogP contribution in [0.1, 0.15) is 28.8 Å². The molecular weight excluding hydrogens is 216 g/mol. The number of Topliss-reactive ketones (excluding diaryl/α,β-unsaturated/α-hetero) is 1. The largest absolute Gasteiger partial charge is 0.496 e. The monoisotopic (exact) mass is 229 g/mol. The average Bonchev–Trinajstić information content (AvgIpc) is 2.28. The number of ketones is 1. The van der Waals surface area contributed by atoms with E-state index in [4.69, 9.17) is 10.5 Å². The fourth-order valence-corrected chi connectivity index (χ4v) is 1.46. The fraction of sp³-hybridized carbons (Fsp3) is 0.364. The average molecular weight is 229 g/mol. The van der Waals surface area contributed by atoms with Gasteiger partial charge in [-0.15, -0.1) is 0 Å². The van der Waals surface area contributed by atoms with Crippen LogP contribution in [-0.2, 0) is 0 Å². The van der Waals surface area contributed by atoms with Crippen LogP contribution in [-0.4, -0.2) is 19.4 Å². The Kier molecular flexibility index (Phi) is 4.37. The van der Waals surface area contributed by atoms with Crippen LogP contribution in [0, 0.1) is 0 Å². The summed E-state index contributed by atoms with van der Waals surface area (Å²) in [5.74, 6) is -0.366. The van der Waals surface area contributed by atoms with Crippen molar-refractivity contribution in [1.82, 2.24) is 0 Å². The van der Waals surface area contributed by atoms with Crippen molar-refractivity contribution in [3.8, 4) is 5.75 Å². The quantitative estimate of drug-likeness (QED) is 0.787. The lowest BCUT2D eigenvalue weighted by Gasteiger charge is -2.11. The number of rotatable bonds is 5. The molecule has 0 spiro atoms. The second-order valence-corrected chi connectivity index (χ2v) is 3.18. The molecule has 0 saturated heterocycles. The number of carbonyl (C=O) groups is 1. The van der Waals surface area contributed by atoms with Crippen LogP contribution in [0.3, 0.4) is 0 Å². The van der Waals surface area contributed by atoms with E-state index < -0.39 is 12.2 Å². The Morgan fingerprint density at radius 2 is 2.19 bits per heavy atom. The molecule has 0 aliphatic heterocycles. The zero-order valence-corrected chi connectivity index (χ0v) is 8.87. The second kappa shape index (κ2) is 5.55. The number of nitrogens with two attached hydrogens (primary N) is 1. The molecule has 0 unspecified atom stereocenters. The maximum Gasteiger partial charge on any atom is 0.268 e. The summed E-state index contributed by atoms with van der Waals surface area (Å²) in [6.45, 7) is 0.138. The lowest BCUT2D eigenvalue weighted by Crippen LogP contribution is -2.11. The first kappa shape index (κ1) is 12.6. The molecule has 2 N–H and O–H groups in total. The highest BCUT2D eigenvalue weighted by atomic mass is 19.3. The Morgan fingerprint density at radius 1 is 1.50 bits per heavy atom. The molecule has 0 fully saturated rings. The van der Waals surface area contributed by atoms with E-state index >= 15 is 0 Å². The van der Waals surface area contributed by atoms with Gasteiger partial charge >= 0.3 is 0 Å². The van der Waals surface area contributed by atoms with Gasteiger partial charge < -0.3 is 10.5 Å². The molecule has 88 valence electrons. The summed E-state index contributed by atoms with van der Waals surface area (Å²) in [6, 6.07) is 4.27. The number of carbonyl (C=O) groups excluding carboxylic acids is 1. The minimum atomic E-state index is -2.74. The van der Waals surface area contributed by atoms with Crippen molar-refractivity contribution in [1.29, 1.82) is 0 Å². The second-order valence-electron chi connectivity index (χ2n) is 3.18. The molecular formula is C11H13F2NO2. The molecule has 0 saturated carbocycles. The van der Waals surface area contributed by atoms with E-state index in [1.54, 1.807) is 0 Å². The zero-order chi connectivity index (χ0) is 12.1. The molecule has 1 rings (SSSR count). The zero-order valence-electron chi connectivity index (χ0n) is 8.87. The summed E-state index contributed by atoms with van der Waals surface area (Å²) in [6.07, 6.45) is -2.69. The van der Waals surface area contributed by atoms with Crippen LogP contribution >= 0.6 is 0 Å². The van der Waals surface area contributed by atoms with Gasteiger partial charge in [-0.05, 0) is 12.6 Å². The summed E-state index contributed by atoms with van der Waals surface area (Å²) in [7, 11) is 1.29. The Labute approximate surface area is 92.2 Å². The number of alkyl halides is 2. The van der Waals surface area contributed by atoms with Crippen LogP contribution in [0.5, 0.6) is 5.75 Å². The third-order valence-electron chi connectivity index (χ3n) is 2.18. The van der Waals surface area contributed by atoms with Crippen molar-refractivity contribution in [2.45, 2.75) is 12.8 Å². The molecule has 1 aromatic carbocycles. The minimum absolute atomic E-state index is 0.0141. The summed E-state index contributed by atoms with van der Waals surface area (Å²) < 4.78 is 30.4. The highest BCUT2D eigenvalue weighted by molar-refractivity contribution is 5.98. The molecule has 5 heteroatoms. The van der Waals surface area contributed by atoms with Crippen molar-refractivity contribution in [2.75, 3.05) is 13.7 Å². The summed E-state index contributed by atoms with van der Waals surface area (Å²) >= 11 is 0. The van der Waals surface area contributed by atoms with E-state index in [9.17, 15) is 13.6 Å². The van der Waals surface area contributed by atoms with Gasteiger partial charge in [0.15, 0.2) is 5.78 Å². The van der Waals surface area contributed by atoms with Crippen molar-refractivity contribution in [3.05, 3.63) is 29.3 Å². The third-order valence-corrected chi connectivity index (χ3v) is 2.18. The molecule has 0 atom stereocenters. The van der Waals surface area contributed by atoms with Gasteiger partial charge in [0.25, 0.3) is 6.43 Å². The van der Waals surface area contributed by atoms with Gasteiger partial charge in [-0.3, -0.25) is 4.79 Å². The molecule has 0 radical (unpaired) electrons. The molecule has 1 aromatic rings. The highest BCUT2D eigenvalue weighted by Gasteiger charge is 2.22. The van der Waals surface area contributed by atoms with Gasteiger partial charge in [-0.1, -0.05) is 12.1 Å². The number of methoxy groups -OCH3 is 1. The Balaban J connectivity index is 3.22. The van der Waals surface area contributed by atoms with Crippen LogP contribution < -0.4 is 10.5 Å². The molecule has 0 bridgehead atoms. The number of halogens is 2. The number of hydrogen-bond acceptors (Lipinski definition) is 3. The van der Waals surface area contributed by atoms with Gasteiger partial charge in [-0.25, -0.2) is 8.78 Å². The topological polar surface area (TPSA) is 52.3 Å². The number of ether oxygens (including phenoxy) is 1. The molecule has 0 aliphatic rings. The third kappa shape index (κ3) is 2.55. The lowest BCUT2D eigenvalue weighted by atomic mass is 10.0. The molecule has 0 amide bonds. The Bertz CT molecular complexity index is 380. The first-order valence-corrected chi connectivity index (χ1v) is 4.80.